The van der Waals surface area contributed by atoms with Gasteiger partial charge >= 0.3 is 5.97 Å². The topological polar surface area (TPSA) is 75.7 Å². The van der Waals surface area contributed by atoms with Crippen molar-refractivity contribution in [3.05, 3.63) is 65.2 Å². The predicted octanol–water partition coefficient (Wildman–Crippen LogP) is 2.25. The SMILES string of the molecule is Cc1ccc(C(=O)NCC(=O)OCC(=O)N2c3ccccc3C[C@H]2C)cc1. The Kier molecular flexibility index (Phi) is 5.54. The van der Waals surface area contributed by atoms with Gasteiger partial charge in [0.05, 0.1) is 0 Å². The highest BCUT2D eigenvalue weighted by atomic mass is 16.5. The first kappa shape index (κ1) is 18.6. The number of rotatable bonds is 5. The van der Waals surface area contributed by atoms with Crippen LogP contribution in [0.15, 0.2) is 48.5 Å². The van der Waals surface area contributed by atoms with Crippen molar-refractivity contribution in [1.29, 1.82) is 0 Å². The van der Waals surface area contributed by atoms with E-state index in [1.807, 2.05) is 50.2 Å². The number of nitrogens with zero attached hydrogens (tertiary/aromatic N) is 1. The summed E-state index contributed by atoms with van der Waals surface area (Å²) < 4.78 is 5.04. The third kappa shape index (κ3) is 4.34. The molecule has 0 aliphatic carbocycles. The van der Waals surface area contributed by atoms with Gasteiger partial charge in [-0.3, -0.25) is 14.4 Å². The van der Waals surface area contributed by atoms with Gasteiger partial charge in [-0.05, 0) is 44.0 Å². The second-order valence-electron chi connectivity index (χ2n) is 6.65. The van der Waals surface area contributed by atoms with E-state index in [2.05, 4.69) is 5.32 Å². The number of anilines is 1. The maximum Gasteiger partial charge on any atom is 0.325 e. The van der Waals surface area contributed by atoms with Gasteiger partial charge in [0, 0.05) is 17.3 Å². The molecule has 27 heavy (non-hydrogen) atoms. The molecular formula is C21H22N2O4. The Morgan fingerprint density at radius 2 is 1.81 bits per heavy atom. The van der Waals surface area contributed by atoms with Gasteiger partial charge in [0.1, 0.15) is 6.54 Å². The molecule has 1 N–H and O–H groups in total. The van der Waals surface area contributed by atoms with Crippen LogP contribution in [0.25, 0.3) is 0 Å². The molecule has 0 fully saturated rings. The van der Waals surface area contributed by atoms with Crippen LogP contribution in [0.4, 0.5) is 5.69 Å². The number of benzene rings is 2. The van der Waals surface area contributed by atoms with Gasteiger partial charge in [0.2, 0.25) is 0 Å². The third-order valence-corrected chi connectivity index (χ3v) is 4.54. The van der Waals surface area contributed by atoms with Crippen molar-refractivity contribution in [3.63, 3.8) is 0 Å². The van der Waals surface area contributed by atoms with E-state index in [0.29, 0.717) is 5.56 Å². The molecule has 140 valence electrons. The zero-order valence-corrected chi connectivity index (χ0v) is 15.4. The van der Waals surface area contributed by atoms with E-state index in [9.17, 15) is 14.4 Å². The fraction of sp³-hybridized carbons (Fsp3) is 0.286. The number of nitrogens with one attached hydrogen (secondary N) is 1. The van der Waals surface area contributed by atoms with Crippen LogP contribution in [0.1, 0.15) is 28.4 Å². The molecule has 3 rings (SSSR count). The van der Waals surface area contributed by atoms with Gasteiger partial charge in [-0.2, -0.15) is 0 Å². The van der Waals surface area contributed by atoms with Crippen molar-refractivity contribution in [1.82, 2.24) is 5.32 Å². The monoisotopic (exact) mass is 366 g/mol. The summed E-state index contributed by atoms with van der Waals surface area (Å²) >= 11 is 0. The van der Waals surface area contributed by atoms with E-state index in [-0.39, 0.29) is 31.0 Å². The van der Waals surface area contributed by atoms with Crippen LogP contribution in [-0.4, -0.2) is 37.0 Å². The minimum absolute atomic E-state index is 0.0230. The highest BCUT2D eigenvalue weighted by Gasteiger charge is 2.30. The summed E-state index contributed by atoms with van der Waals surface area (Å²) in [7, 11) is 0. The van der Waals surface area contributed by atoms with Crippen molar-refractivity contribution in [3.8, 4) is 0 Å². The van der Waals surface area contributed by atoms with E-state index in [1.54, 1.807) is 17.0 Å². The molecule has 0 radical (unpaired) electrons. The number of esters is 1. The Labute approximate surface area is 158 Å². The molecule has 0 spiro atoms. The van der Waals surface area contributed by atoms with Crippen molar-refractivity contribution in [2.45, 2.75) is 26.3 Å². The Morgan fingerprint density at radius 3 is 2.56 bits per heavy atom. The number of carbonyl (C=O) groups is 3. The number of carbonyl (C=O) groups excluding carboxylic acids is 3. The van der Waals surface area contributed by atoms with Gasteiger partial charge in [0.25, 0.3) is 11.8 Å². The minimum Gasteiger partial charge on any atom is -0.454 e. The molecule has 2 aromatic rings. The molecular weight excluding hydrogens is 344 g/mol. The van der Waals surface area contributed by atoms with Gasteiger partial charge in [-0.25, -0.2) is 0 Å². The number of aryl methyl sites for hydroxylation is 1. The molecule has 0 aromatic heterocycles. The van der Waals surface area contributed by atoms with Crippen molar-refractivity contribution in [2.24, 2.45) is 0 Å². The zero-order chi connectivity index (χ0) is 19.4. The highest BCUT2D eigenvalue weighted by molar-refractivity contribution is 5.98. The highest BCUT2D eigenvalue weighted by Crippen LogP contribution is 2.31. The molecule has 0 unspecified atom stereocenters. The van der Waals surface area contributed by atoms with Gasteiger partial charge in [-0.1, -0.05) is 35.9 Å². The molecule has 1 aliphatic rings. The maximum atomic E-state index is 12.5. The zero-order valence-electron chi connectivity index (χ0n) is 15.4. The molecule has 2 aromatic carbocycles. The number of hydrogen-bond acceptors (Lipinski definition) is 4. The van der Waals surface area contributed by atoms with Crippen LogP contribution in [0.3, 0.4) is 0 Å². The third-order valence-electron chi connectivity index (χ3n) is 4.54. The molecule has 1 atom stereocenters. The molecule has 6 heteroatoms. The number of ether oxygens (including phenoxy) is 1. The Morgan fingerprint density at radius 1 is 1.11 bits per heavy atom. The average molecular weight is 366 g/mol. The first-order valence-electron chi connectivity index (χ1n) is 8.86. The predicted molar refractivity (Wildman–Crippen MR) is 102 cm³/mol. The van der Waals surface area contributed by atoms with Crippen molar-refractivity contribution < 1.29 is 19.1 Å². The van der Waals surface area contributed by atoms with E-state index >= 15 is 0 Å². The number of amides is 2. The van der Waals surface area contributed by atoms with Crippen LogP contribution >= 0.6 is 0 Å². The lowest BCUT2D eigenvalue weighted by Gasteiger charge is -2.22. The summed E-state index contributed by atoms with van der Waals surface area (Å²) in [6.45, 7) is 3.25. The van der Waals surface area contributed by atoms with E-state index in [4.69, 9.17) is 4.74 Å². The Bertz CT molecular complexity index is 861. The van der Waals surface area contributed by atoms with Gasteiger partial charge in [-0.15, -0.1) is 0 Å². The van der Waals surface area contributed by atoms with Crippen molar-refractivity contribution in [2.75, 3.05) is 18.1 Å². The summed E-state index contributed by atoms with van der Waals surface area (Å²) in [5.74, 6) is -1.28. The largest absolute Gasteiger partial charge is 0.454 e. The van der Waals surface area contributed by atoms with E-state index in [1.165, 1.54) is 0 Å². The first-order valence-corrected chi connectivity index (χ1v) is 8.86. The summed E-state index contributed by atoms with van der Waals surface area (Å²) in [5, 5.41) is 2.50. The minimum atomic E-state index is -0.649. The molecule has 1 heterocycles. The van der Waals surface area contributed by atoms with Crippen LogP contribution in [-0.2, 0) is 20.7 Å². The maximum absolute atomic E-state index is 12.5. The second kappa shape index (κ2) is 8.03. The number of para-hydroxylation sites is 1. The fourth-order valence-electron chi connectivity index (χ4n) is 3.17. The molecule has 1 aliphatic heterocycles. The van der Waals surface area contributed by atoms with Crippen LogP contribution in [0.2, 0.25) is 0 Å². The van der Waals surface area contributed by atoms with Gasteiger partial charge in [0.15, 0.2) is 6.61 Å². The van der Waals surface area contributed by atoms with Crippen LogP contribution < -0.4 is 10.2 Å². The number of fused-ring (bicyclic) bond motifs is 1. The van der Waals surface area contributed by atoms with Gasteiger partial charge < -0.3 is 15.0 Å². The molecule has 0 bridgehead atoms. The fourth-order valence-corrected chi connectivity index (χ4v) is 3.17. The Hall–Kier alpha value is -3.15. The number of hydrogen-bond donors (Lipinski definition) is 1. The lowest BCUT2D eigenvalue weighted by Crippen LogP contribution is -2.39. The van der Waals surface area contributed by atoms with Crippen LogP contribution in [0.5, 0.6) is 0 Å². The molecule has 0 saturated carbocycles. The second-order valence-corrected chi connectivity index (χ2v) is 6.65. The summed E-state index contributed by atoms with van der Waals surface area (Å²) in [6, 6.07) is 14.7. The summed E-state index contributed by atoms with van der Waals surface area (Å²) in [4.78, 5) is 38.0. The first-order chi connectivity index (χ1) is 13.0. The summed E-state index contributed by atoms with van der Waals surface area (Å²) in [5.41, 5.74) is 3.47. The smallest absolute Gasteiger partial charge is 0.325 e. The van der Waals surface area contributed by atoms with E-state index < -0.39 is 5.97 Å². The molecule has 2 amide bonds. The lowest BCUT2D eigenvalue weighted by atomic mass is 10.1. The average Bonchev–Trinajstić information content (AvgIpc) is 3.00. The quantitative estimate of drug-likeness (QED) is 0.824. The van der Waals surface area contributed by atoms with E-state index in [0.717, 1.165) is 23.2 Å². The Balaban J connectivity index is 1.48. The normalized spacial score (nSPS) is 15.2. The molecule has 0 saturated heterocycles. The molecule has 6 nitrogen and oxygen atoms in total. The van der Waals surface area contributed by atoms with Crippen LogP contribution in [0, 0.1) is 6.92 Å². The summed E-state index contributed by atoms with van der Waals surface area (Å²) in [6.07, 6.45) is 0.780. The van der Waals surface area contributed by atoms with Crippen molar-refractivity contribution >= 4 is 23.5 Å². The standard InChI is InChI=1S/C21H22N2O4/c1-14-7-9-16(10-8-14)21(26)22-12-20(25)27-13-19(24)23-15(2)11-17-5-3-4-6-18(17)23/h3-10,15H,11-13H2,1-2H3,(H,22,26)/t15-/m1/s1. The lowest BCUT2D eigenvalue weighted by molar-refractivity contribution is -0.146.